The second-order valence-corrected chi connectivity index (χ2v) is 11.9. The number of pyridine rings is 1. The lowest BCUT2D eigenvalue weighted by atomic mass is 10.2. The van der Waals surface area contributed by atoms with Crippen LogP contribution in [0.1, 0.15) is 45.1 Å². The molecule has 34 heavy (non-hydrogen) atoms. The quantitative estimate of drug-likeness (QED) is 0.257. The van der Waals surface area contributed by atoms with Gasteiger partial charge in [0.15, 0.2) is 0 Å². The van der Waals surface area contributed by atoms with Crippen molar-refractivity contribution in [3.8, 4) is 0 Å². The zero-order chi connectivity index (χ0) is 24.8. The highest BCUT2D eigenvalue weighted by Crippen LogP contribution is 2.27. The molecule has 1 aromatic heterocycles. The zero-order valence-corrected chi connectivity index (χ0v) is 21.5. The van der Waals surface area contributed by atoms with Crippen LogP contribution >= 0.6 is 0 Å². The molecule has 0 N–H and O–H groups in total. The molecule has 0 aliphatic carbocycles. The summed E-state index contributed by atoms with van der Waals surface area (Å²) in [5, 5.41) is 1.30. The molecule has 0 aliphatic rings. The highest BCUT2D eigenvalue weighted by molar-refractivity contribution is 7.89. The molecule has 3 rings (SSSR count). The summed E-state index contributed by atoms with van der Waals surface area (Å²) in [5.74, 6) is 0. The molecule has 2 aromatic carbocycles. The molecule has 0 saturated carbocycles. The van der Waals surface area contributed by atoms with E-state index in [4.69, 9.17) is 4.18 Å². The van der Waals surface area contributed by atoms with Crippen LogP contribution in [0.4, 0.5) is 0 Å². The van der Waals surface area contributed by atoms with E-state index in [9.17, 15) is 16.8 Å². The number of unbranched alkanes of at least 4 members (excludes halogenated alkanes) is 3. The van der Waals surface area contributed by atoms with Gasteiger partial charge in [-0.15, -0.1) is 0 Å². The van der Waals surface area contributed by atoms with E-state index in [1.165, 1.54) is 16.4 Å². The van der Waals surface area contributed by atoms with Crippen LogP contribution in [-0.4, -0.2) is 45.3 Å². The number of fused-ring (bicyclic) bond motifs is 1. The molecule has 1 atom stereocenters. The molecule has 9 heteroatoms. The average Bonchev–Trinajstić information content (AvgIpc) is 2.82. The molecule has 0 fully saturated rings. The van der Waals surface area contributed by atoms with Gasteiger partial charge in [0.25, 0.3) is 10.1 Å². The summed E-state index contributed by atoms with van der Waals surface area (Å²) in [7, 11) is -7.93. The van der Waals surface area contributed by atoms with E-state index in [1.807, 2.05) is 13.0 Å². The second-order valence-electron chi connectivity index (χ2n) is 8.43. The molecule has 184 valence electrons. The monoisotopic (exact) mass is 504 g/mol. The van der Waals surface area contributed by atoms with Crippen LogP contribution in [0.5, 0.6) is 0 Å². The van der Waals surface area contributed by atoms with Crippen molar-refractivity contribution < 1.29 is 21.0 Å². The number of rotatable bonds is 12. The maximum absolute atomic E-state index is 13.8. The highest BCUT2D eigenvalue weighted by Gasteiger charge is 2.31. The summed E-state index contributed by atoms with van der Waals surface area (Å²) in [6, 6.07) is 12.4. The van der Waals surface area contributed by atoms with E-state index in [1.54, 1.807) is 49.6 Å². The summed E-state index contributed by atoms with van der Waals surface area (Å²) in [5.41, 5.74) is 0.932. The van der Waals surface area contributed by atoms with Gasteiger partial charge in [0.2, 0.25) is 10.0 Å². The summed E-state index contributed by atoms with van der Waals surface area (Å²) >= 11 is 0. The van der Waals surface area contributed by atoms with Gasteiger partial charge in [0, 0.05) is 35.8 Å². The van der Waals surface area contributed by atoms with Gasteiger partial charge in [0.1, 0.15) is 0 Å². The summed E-state index contributed by atoms with van der Waals surface area (Å²) < 4.78 is 59.6. The van der Waals surface area contributed by atoms with Gasteiger partial charge in [-0.1, -0.05) is 56.0 Å². The van der Waals surface area contributed by atoms with Crippen molar-refractivity contribution in [1.82, 2.24) is 9.29 Å². The number of benzene rings is 2. The van der Waals surface area contributed by atoms with Crippen molar-refractivity contribution in [2.75, 3.05) is 13.2 Å². The molecule has 1 heterocycles. The van der Waals surface area contributed by atoms with E-state index in [0.29, 0.717) is 11.8 Å². The number of hydrogen-bond donors (Lipinski definition) is 0. The minimum absolute atomic E-state index is 0.0456. The van der Waals surface area contributed by atoms with Crippen LogP contribution in [0.2, 0.25) is 0 Å². The fourth-order valence-electron chi connectivity index (χ4n) is 3.76. The van der Waals surface area contributed by atoms with Gasteiger partial charge < -0.3 is 0 Å². The first-order valence-corrected chi connectivity index (χ1v) is 14.3. The van der Waals surface area contributed by atoms with Crippen molar-refractivity contribution in [2.24, 2.45) is 0 Å². The van der Waals surface area contributed by atoms with E-state index in [-0.39, 0.29) is 22.9 Å². The maximum atomic E-state index is 13.8. The number of sulfonamides is 1. The molecule has 1 unspecified atom stereocenters. The number of aromatic nitrogens is 1. The molecule has 0 radical (unpaired) electrons. The molecule has 0 saturated heterocycles. The maximum Gasteiger partial charge on any atom is 0.297 e. The molecular weight excluding hydrogens is 472 g/mol. The Bertz CT molecular complexity index is 1300. The third kappa shape index (κ3) is 6.21. The number of nitrogens with zero attached hydrogens (tertiary/aromatic N) is 2. The van der Waals surface area contributed by atoms with Crippen LogP contribution < -0.4 is 0 Å². The normalized spacial score (nSPS) is 13.4. The topological polar surface area (TPSA) is 93.6 Å². The van der Waals surface area contributed by atoms with Crippen LogP contribution in [-0.2, 0) is 24.3 Å². The van der Waals surface area contributed by atoms with Crippen molar-refractivity contribution in [2.45, 2.75) is 62.3 Å². The largest absolute Gasteiger partial charge is 0.297 e. The Morgan fingerprint density at radius 3 is 2.41 bits per heavy atom. The lowest BCUT2D eigenvalue weighted by Gasteiger charge is -2.28. The average molecular weight is 505 g/mol. The Balaban J connectivity index is 1.87. The second kappa shape index (κ2) is 11.4. The van der Waals surface area contributed by atoms with Crippen LogP contribution in [0.15, 0.2) is 70.7 Å². The fourth-order valence-corrected chi connectivity index (χ4v) is 6.61. The van der Waals surface area contributed by atoms with Gasteiger partial charge >= 0.3 is 0 Å². The van der Waals surface area contributed by atoms with Crippen LogP contribution in [0, 0.1) is 6.92 Å². The Morgan fingerprint density at radius 2 is 1.71 bits per heavy atom. The molecule has 0 aliphatic heterocycles. The third-order valence-electron chi connectivity index (χ3n) is 5.73. The summed E-state index contributed by atoms with van der Waals surface area (Å²) in [6.45, 7) is 5.62. The van der Waals surface area contributed by atoms with E-state index in [0.717, 1.165) is 30.2 Å². The molecule has 7 nitrogen and oxygen atoms in total. The van der Waals surface area contributed by atoms with Crippen molar-refractivity contribution in [3.05, 3.63) is 66.5 Å². The minimum atomic E-state index is -4.01. The Kier molecular flexibility index (Phi) is 8.81. The fraction of sp³-hybridized carbons (Fsp3) is 0.400. The molecule has 0 bridgehead atoms. The van der Waals surface area contributed by atoms with Crippen LogP contribution in [0.25, 0.3) is 10.8 Å². The van der Waals surface area contributed by atoms with Gasteiger partial charge in [0.05, 0.1) is 16.4 Å². The first-order valence-electron chi connectivity index (χ1n) is 11.5. The highest BCUT2D eigenvalue weighted by atomic mass is 32.2. The Labute approximate surface area is 203 Å². The van der Waals surface area contributed by atoms with Gasteiger partial charge in [-0.2, -0.15) is 12.7 Å². The first-order chi connectivity index (χ1) is 16.2. The van der Waals surface area contributed by atoms with Gasteiger partial charge in [-0.25, -0.2) is 8.42 Å². The summed E-state index contributed by atoms with van der Waals surface area (Å²) in [6.07, 6.45) is 6.77. The summed E-state index contributed by atoms with van der Waals surface area (Å²) in [4.78, 5) is 4.30. The van der Waals surface area contributed by atoms with Crippen LogP contribution in [0.3, 0.4) is 0 Å². The molecular formula is C25H32N2O5S2. The van der Waals surface area contributed by atoms with E-state index >= 15 is 0 Å². The SMILES string of the molecule is CCCCCCN(C(C)COS(=O)(=O)c1ccc(C)cc1)S(=O)(=O)c1cccc2cnccc12. The van der Waals surface area contributed by atoms with Gasteiger partial charge in [-0.05, 0) is 44.5 Å². The van der Waals surface area contributed by atoms with E-state index in [2.05, 4.69) is 11.9 Å². The predicted molar refractivity (Wildman–Crippen MR) is 134 cm³/mol. The Morgan fingerprint density at radius 1 is 0.971 bits per heavy atom. The molecule has 0 amide bonds. The third-order valence-corrected chi connectivity index (χ3v) is 9.09. The number of aryl methyl sites for hydroxylation is 1. The van der Waals surface area contributed by atoms with Gasteiger partial charge in [-0.3, -0.25) is 9.17 Å². The van der Waals surface area contributed by atoms with Crippen molar-refractivity contribution in [1.29, 1.82) is 0 Å². The first kappa shape index (κ1) is 26.3. The van der Waals surface area contributed by atoms with Crippen molar-refractivity contribution >= 4 is 30.9 Å². The number of hydrogen-bond acceptors (Lipinski definition) is 6. The van der Waals surface area contributed by atoms with E-state index < -0.39 is 26.2 Å². The van der Waals surface area contributed by atoms with Crippen molar-refractivity contribution in [3.63, 3.8) is 0 Å². The Hall–Kier alpha value is -2.33. The minimum Gasteiger partial charge on any atom is -0.265 e. The standard InChI is InChI=1S/C25H32N2O5S2/c1-4-5-6-7-17-27(21(3)19-32-34(30,31)23-13-11-20(2)12-14-23)33(28,29)25-10-8-9-22-18-26-16-15-24(22)25/h8-16,18,21H,4-7,17,19H2,1-3H3. The lowest BCUT2D eigenvalue weighted by molar-refractivity contribution is 0.217. The molecule has 0 spiro atoms. The lowest BCUT2D eigenvalue weighted by Crippen LogP contribution is -2.42. The zero-order valence-electron chi connectivity index (χ0n) is 19.8. The molecule has 3 aromatic rings. The smallest absolute Gasteiger partial charge is 0.265 e. The predicted octanol–water partition coefficient (Wildman–Crippen LogP) is 4.91.